The Bertz CT molecular complexity index is 188. The molecular weight excluding hydrogens is 399 g/mol. The molecule has 0 aliphatic heterocycles. The number of hydrogen-bond acceptors (Lipinski definition) is 9. The number of nitrogens with zero attached hydrogens (tertiary/aromatic N) is 4. The topological polar surface area (TPSA) is 182 Å². The zero-order valence-corrected chi connectivity index (χ0v) is 11.0. The summed E-state index contributed by atoms with van der Waals surface area (Å²) in [6, 6.07) is 0. The summed E-state index contributed by atoms with van der Waals surface area (Å²) in [6.07, 6.45) is 1.53. The Morgan fingerprint density at radius 1 is 1.00 bits per heavy atom. The molecule has 0 atom stereocenters. The van der Waals surface area contributed by atoms with Gasteiger partial charge < -0.3 is 25.2 Å². The Hall–Kier alpha value is 0.309. The fraction of sp³-hybridized carbons (Fsp3) is 0.500. The van der Waals surface area contributed by atoms with Gasteiger partial charge in [0.05, 0.1) is 0 Å². The SMILES string of the molecule is Cn1cnnn1.[Cu+2].[O-][Br+2]([O-])[O-].[O-][Br+2]([O-])[O-]. The first kappa shape index (κ1) is 20.7. The molecule has 93 valence electrons. The second-order valence-electron chi connectivity index (χ2n) is 1.36. The number of aryl methyl sites for hydroxylation is 1. The van der Waals surface area contributed by atoms with E-state index < -0.39 is 29.6 Å². The molecule has 1 heterocycles. The molecule has 1 rings (SSSR count). The average Bonchev–Trinajstić information content (AvgIpc) is 2.36. The van der Waals surface area contributed by atoms with Crippen molar-refractivity contribution in [2.75, 3.05) is 0 Å². The van der Waals surface area contributed by atoms with Crippen molar-refractivity contribution in [1.82, 2.24) is 20.2 Å². The molecule has 1 radical (unpaired) electrons. The van der Waals surface area contributed by atoms with Gasteiger partial charge in [-0.2, -0.15) is 0 Å². The Labute approximate surface area is 105 Å². The number of aromatic nitrogens is 4. The zero-order valence-electron chi connectivity index (χ0n) is 6.87. The van der Waals surface area contributed by atoms with Crippen molar-refractivity contribution in [2.24, 2.45) is 7.05 Å². The van der Waals surface area contributed by atoms with E-state index in [1.54, 1.807) is 7.05 Å². The molecule has 13 heteroatoms. The van der Waals surface area contributed by atoms with E-state index in [4.69, 9.17) is 25.2 Å². The van der Waals surface area contributed by atoms with Crippen LogP contribution in [0, 0.1) is 29.6 Å². The average molecular weight is 403 g/mol. The number of hydrogen-bond donors (Lipinski definition) is 0. The summed E-state index contributed by atoms with van der Waals surface area (Å²) in [7, 11) is 1.76. The zero-order chi connectivity index (χ0) is 11.6. The molecule has 15 heavy (non-hydrogen) atoms. The van der Waals surface area contributed by atoms with Crippen molar-refractivity contribution in [1.29, 1.82) is 0 Å². The monoisotopic (exact) mass is 401 g/mol. The maximum absolute atomic E-state index is 8.52. The van der Waals surface area contributed by atoms with Crippen LogP contribution in [0.3, 0.4) is 0 Å². The quantitative estimate of drug-likeness (QED) is 0.380. The Kier molecular flexibility index (Phi) is 19.7. The van der Waals surface area contributed by atoms with Gasteiger partial charge in [-0.1, -0.05) is 0 Å². The summed E-state index contributed by atoms with van der Waals surface area (Å²) in [6.45, 7) is 0. The standard InChI is InChI=1S/C2H4N4.2BrO3.Cu/c1-6-2-3-4-5-6;2*2-1(3)4;/h2H,1H3;;;/q;2*-1;+2. The van der Waals surface area contributed by atoms with E-state index in [2.05, 4.69) is 15.5 Å². The molecule has 10 nitrogen and oxygen atoms in total. The molecule has 0 spiro atoms. The van der Waals surface area contributed by atoms with E-state index in [1.165, 1.54) is 11.0 Å². The van der Waals surface area contributed by atoms with Crippen LogP contribution in [0.5, 0.6) is 0 Å². The molecule has 0 N–H and O–H groups in total. The number of tetrazole rings is 1. The molecule has 1 aromatic heterocycles. The van der Waals surface area contributed by atoms with E-state index in [0.29, 0.717) is 0 Å². The predicted octanol–water partition coefficient (Wildman–Crippen LogP) is -7.93. The normalized spacial score (nSPS) is 8.33. The molecule has 0 saturated heterocycles. The van der Waals surface area contributed by atoms with Crippen LogP contribution in [0.2, 0.25) is 0 Å². The van der Waals surface area contributed by atoms with Gasteiger partial charge in [0, 0.05) is 7.05 Å². The van der Waals surface area contributed by atoms with Gasteiger partial charge in [-0.15, -0.1) is 5.10 Å². The van der Waals surface area contributed by atoms with Gasteiger partial charge in [-0.25, -0.2) is 4.68 Å². The van der Waals surface area contributed by atoms with Crippen molar-refractivity contribution in [2.45, 2.75) is 0 Å². The summed E-state index contributed by atoms with van der Waals surface area (Å²) in [4.78, 5) is 0. The Morgan fingerprint density at radius 2 is 1.33 bits per heavy atom. The largest absolute Gasteiger partial charge is 2.00 e. The first-order valence-electron chi connectivity index (χ1n) is 2.49. The minimum Gasteiger partial charge on any atom is -0.405 e. The molecule has 0 amide bonds. The molecule has 0 unspecified atom stereocenters. The van der Waals surface area contributed by atoms with Gasteiger partial charge in [0.1, 0.15) is 6.33 Å². The fourth-order valence-corrected chi connectivity index (χ4v) is 0.207. The minimum absolute atomic E-state index is 0. The van der Waals surface area contributed by atoms with Crippen LogP contribution in [0.1, 0.15) is 0 Å². The van der Waals surface area contributed by atoms with Crippen LogP contribution < -0.4 is 25.2 Å². The summed E-state index contributed by atoms with van der Waals surface area (Å²) in [5.41, 5.74) is 0. The molecule has 0 aliphatic rings. The van der Waals surface area contributed by atoms with Gasteiger partial charge in [0.25, 0.3) is 0 Å². The first-order valence-corrected chi connectivity index (χ1v) is 6.37. The third-order valence-corrected chi connectivity index (χ3v) is 0.451. The van der Waals surface area contributed by atoms with E-state index in [1.807, 2.05) is 0 Å². The molecule has 0 saturated carbocycles. The van der Waals surface area contributed by atoms with E-state index >= 15 is 0 Å². The van der Waals surface area contributed by atoms with Crippen LogP contribution in [0.4, 0.5) is 0 Å². The third-order valence-electron chi connectivity index (χ3n) is 0.451. The van der Waals surface area contributed by atoms with Crippen molar-refractivity contribution >= 4 is 0 Å². The minimum atomic E-state index is -3.65. The van der Waals surface area contributed by atoms with Crippen LogP contribution in [0.15, 0.2) is 6.33 Å². The van der Waals surface area contributed by atoms with E-state index in [9.17, 15) is 0 Å². The predicted molar refractivity (Wildman–Crippen MR) is 18.8 cm³/mol. The maximum atomic E-state index is 8.52. The Balaban J connectivity index is -0.000000145. The summed E-state index contributed by atoms with van der Waals surface area (Å²) < 4.78 is 52.7. The molecule has 0 aliphatic carbocycles. The molecule has 0 bridgehead atoms. The second kappa shape index (κ2) is 14.3. The van der Waals surface area contributed by atoms with Gasteiger partial charge >= 0.3 is 17.1 Å². The summed E-state index contributed by atoms with van der Waals surface area (Å²) in [5.74, 6) is 0. The number of rotatable bonds is 0. The smallest absolute Gasteiger partial charge is 0.405 e. The van der Waals surface area contributed by atoms with Gasteiger partial charge in [-0.05, 0) is 10.4 Å². The first-order chi connectivity index (χ1) is 6.36. The van der Waals surface area contributed by atoms with Crippen molar-refractivity contribution in [3.63, 3.8) is 0 Å². The fourth-order valence-electron chi connectivity index (χ4n) is 0.207. The van der Waals surface area contributed by atoms with Crippen LogP contribution in [-0.4, -0.2) is 20.2 Å². The molecule has 1 aromatic rings. The van der Waals surface area contributed by atoms with Crippen LogP contribution >= 0.6 is 0 Å². The maximum Gasteiger partial charge on any atom is 2.00 e. The Morgan fingerprint density at radius 3 is 1.40 bits per heavy atom. The van der Waals surface area contributed by atoms with Gasteiger partial charge in [-0.3, -0.25) is 0 Å². The van der Waals surface area contributed by atoms with Crippen molar-refractivity contribution in [3.05, 3.63) is 6.33 Å². The van der Waals surface area contributed by atoms with Crippen molar-refractivity contribution < 1.29 is 71.9 Å². The van der Waals surface area contributed by atoms with E-state index in [0.717, 1.165) is 0 Å². The number of halogens is 2. The second-order valence-corrected chi connectivity index (χ2v) is 2.95. The summed E-state index contributed by atoms with van der Waals surface area (Å²) in [5, 5.41) is 10.2. The van der Waals surface area contributed by atoms with Crippen LogP contribution in [-0.2, 0) is 24.1 Å². The van der Waals surface area contributed by atoms with Crippen molar-refractivity contribution in [3.8, 4) is 0 Å². The summed E-state index contributed by atoms with van der Waals surface area (Å²) >= 11 is -7.29. The van der Waals surface area contributed by atoms with Gasteiger partial charge in [0.2, 0.25) is 29.6 Å². The molecular formula is C2H4Br2CuN4O6. The molecule has 0 fully saturated rings. The third kappa shape index (κ3) is 40.6. The van der Waals surface area contributed by atoms with Crippen LogP contribution in [0.25, 0.3) is 0 Å². The van der Waals surface area contributed by atoms with Gasteiger partial charge in [0.15, 0.2) is 0 Å². The molecule has 0 aromatic carbocycles. The van der Waals surface area contributed by atoms with E-state index in [-0.39, 0.29) is 17.1 Å².